The molecule has 0 aromatic heterocycles. The third-order valence-electron chi connectivity index (χ3n) is 2.56. The zero-order chi connectivity index (χ0) is 9.80. The maximum atomic E-state index is 5.67. The second kappa shape index (κ2) is 4.71. The van der Waals surface area contributed by atoms with Gasteiger partial charge in [0.15, 0.2) is 0 Å². The van der Waals surface area contributed by atoms with Gasteiger partial charge in [0.05, 0.1) is 4.86 Å². The van der Waals surface area contributed by atoms with Gasteiger partial charge in [-0.2, -0.15) is 0 Å². The molecule has 1 aliphatic carbocycles. The van der Waals surface area contributed by atoms with Crippen LogP contribution in [0.4, 0.5) is 0 Å². The van der Waals surface area contributed by atoms with Gasteiger partial charge in [-0.15, -0.1) is 0 Å². The average molecular weight is 209 g/mol. The average Bonchev–Trinajstić information content (AvgIpc) is 2.69. The number of hydrogen-bond donors (Lipinski definition) is 0. The van der Waals surface area contributed by atoms with E-state index in [9.17, 15) is 0 Å². The molecule has 0 unspecified atom stereocenters. The van der Waals surface area contributed by atoms with Crippen molar-refractivity contribution in [2.45, 2.75) is 19.3 Å². The quantitative estimate of drug-likeness (QED) is 0.662. The molecule has 0 aromatic rings. The molecule has 0 saturated carbocycles. The van der Waals surface area contributed by atoms with Gasteiger partial charge < -0.3 is 4.74 Å². The minimum atomic E-state index is 0.694. The molecule has 0 radical (unpaired) electrons. The Kier molecular flexibility index (Phi) is 3.32. The summed E-state index contributed by atoms with van der Waals surface area (Å²) in [6.07, 6.45) is 9.47. The third kappa shape index (κ3) is 2.42. The Hall–Kier alpha value is -0.670. The highest BCUT2D eigenvalue weighted by molar-refractivity contribution is 7.80. The Labute approximate surface area is 90.2 Å². The minimum absolute atomic E-state index is 0.694. The van der Waals surface area contributed by atoms with Crippen LogP contribution < -0.4 is 0 Å². The highest BCUT2D eigenvalue weighted by Gasteiger charge is 2.13. The van der Waals surface area contributed by atoms with E-state index >= 15 is 0 Å². The van der Waals surface area contributed by atoms with Crippen molar-refractivity contribution in [2.24, 2.45) is 0 Å². The van der Waals surface area contributed by atoms with Crippen LogP contribution in [-0.4, -0.2) is 29.6 Å². The summed E-state index contributed by atoms with van der Waals surface area (Å²) < 4.78 is 5.67. The van der Waals surface area contributed by atoms with Crippen molar-refractivity contribution >= 4 is 17.1 Å². The fourth-order valence-corrected chi connectivity index (χ4v) is 1.95. The first-order valence-corrected chi connectivity index (χ1v) is 5.52. The van der Waals surface area contributed by atoms with E-state index < -0.39 is 0 Å². The van der Waals surface area contributed by atoms with Gasteiger partial charge >= 0.3 is 0 Å². The van der Waals surface area contributed by atoms with Crippen LogP contribution in [0.15, 0.2) is 24.0 Å². The first-order chi connectivity index (χ1) is 6.86. The van der Waals surface area contributed by atoms with E-state index in [4.69, 9.17) is 17.0 Å². The van der Waals surface area contributed by atoms with E-state index in [0.29, 0.717) is 6.73 Å². The first kappa shape index (κ1) is 9.87. The lowest BCUT2D eigenvalue weighted by Gasteiger charge is -2.18. The lowest BCUT2D eigenvalue weighted by molar-refractivity contribution is 0.101. The van der Waals surface area contributed by atoms with Crippen LogP contribution in [-0.2, 0) is 4.74 Å². The summed E-state index contributed by atoms with van der Waals surface area (Å²) in [6, 6.07) is 0. The molecule has 0 spiro atoms. The van der Waals surface area contributed by atoms with E-state index in [1.807, 2.05) is 12.2 Å². The summed E-state index contributed by atoms with van der Waals surface area (Å²) in [7, 11) is 0. The highest BCUT2D eigenvalue weighted by Crippen LogP contribution is 2.13. The Morgan fingerprint density at radius 2 is 2.14 bits per heavy atom. The zero-order valence-corrected chi connectivity index (χ0v) is 9.05. The zero-order valence-electron chi connectivity index (χ0n) is 8.24. The Balaban J connectivity index is 1.81. The molecule has 0 aromatic carbocycles. The number of nitrogens with zero attached hydrogens (tertiary/aromatic N) is 1. The predicted octanol–water partition coefficient (Wildman–Crippen LogP) is 2.27. The number of allylic oxidation sites excluding steroid dienone is 4. The van der Waals surface area contributed by atoms with Crippen LogP contribution in [0.25, 0.3) is 0 Å². The molecule has 0 N–H and O–H groups in total. The molecule has 1 aliphatic heterocycles. The monoisotopic (exact) mass is 209 g/mol. The van der Waals surface area contributed by atoms with Gasteiger partial charge in [0, 0.05) is 19.5 Å². The molecule has 14 heavy (non-hydrogen) atoms. The summed E-state index contributed by atoms with van der Waals surface area (Å²) in [5, 5.41) is 0. The van der Waals surface area contributed by atoms with Gasteiger partial charge in [0.25, 0.3) is 0 Å². The first-order valence-electron chi connectivity index (χ1n) is 5.11. The third-order valence-corrected chi connectivity index (χ3v) is 2.93. The van der Waals surface area contributed by atoms with Crippen LogP contribution in [0.3, 0.4) is 0 Å². The van der Waals surface area contributed by atoms with Gasteiger partial charge in [-0.1, -0.05) is 24.4 Å². The second-order valence-corrected chi connectivity index (χ2v) is 4.18. The fraction of sp³-hybridized carbons (Fsp3) is 0.545. The van der Waals surface area contributed by atoms with Crippen molar-refractivity contribution in [1.29, 1.82) is 0 Å². The number of likely N-dealkylation sites (tertiary alicyclic amines) is 1. The second-order valence-electron chi connectivity index (χ2n) is 3.68. The molecule has 3 heteroatoms. The van der Waals surface area contributed by atoms with E-state index in [-0.39, 0.29) is 0 Å². The summed E-state index contributed by atoms with van der Waals surface area (Å²) in [4.78, 5) is 3.24. The molecule has 1 saturated heterocycles. The molecule has 76 valence electrons. The molecule has 1 heterocycles. The van der Waals surface area contributed by atoms with Gasteiger partial charge in [-0.05, 0) is 18.9 Å². The van der Waals surface area contributed by atoms with Gasteiger partial charge in [0.1, 0.15) is 12.5 Å². The highest BCUT2D eigenvalue weighted by atomic mass is 32.1. The van der Waals surface area contributed by atoms with Crippen molar-refractivity contribution in [3.05, 3.63) is 24.0 Å². The van der Waals surface area contributed by atoms with Gasteiger partial charge in [-0.25, -0.2) is 0 Å². The van der Waals surface area contributed by atoms with Crippen LogP contribution in [0.1, 0.15) is 19.3 Å². The number of rotatable bonds is 3. The SMILES string of the molecule is S=C1CC=CC=C1OCN1CCCC1. The normalized spacial score (nSPS) is 22.6. The Morgan fingerprint density at radius 3 is 2.86 bits per heavy atom. The maximum Gasteiger partial charge on any atom is 0.142 e. The van der Waals surface area contributed by atoms with Crippen molar-refractivity contribution in [3.8, 4) is 0 Å². The van der Waals surface area contributed by atoms with Gasteiger partial charge in [0.2, 0.25) is 0 Å². The Bertz CT molecular complexity index is 277. The van der Waals surface area contributed by atoms with Crippen molar-refractivity contribution < 1.29 is 4.74 Å². The van der Waals surface area contributed by atoms with Crippen LogP contribution >= 0.6 is 12.2 Å². The molecule has 2 aliphatic rings. The largest absolute Gasteiger partial charge is 0.477 e. The van der Waals surface area contributed by atoms with Crippen LogP contribution in [0.5, 0.6) is 0 Å². The van der Waals surface area contributed by atoms with Crippen LogP contribution in [0, 0.1) is 0 Å². The van der Waals surface area contributed by atoms with Crippen molar-refractivity contribution in [2.75, 3.05) is 19.8 Å². The van der Waals surface area contributed by atoms with Crippen molar-refractivity contribution in [3.63, 3.8) is 0 Å². The van der Waals surface area contributed by atoms with E-state index in [0.717, 1.165) is 30.1 Å². The summed E-state index contributed by atoms with van der Waals surface area (Å²) >= 11 is 5.20. The van der Waals surface area contributed by atoms with E-state index in [1.165, 1.54) is 12.8 Å². The molecule has 0 atom stereocenters. The number of ether oxygens (including phenoxy) is 1. The topological polar surface area (TPSA) is 12.5 Å². The van der Waals surface area contributed by atoms with Crippen LogP contribution in [0.2, 0.25) is 0 Å². The molecule has 2 nitrogen and oxygen atoms in total. The molecule has 2 rings (SSSR count). The molecule has 1 fully saturated rings. The fourth-order valence-electron chi connectivity index (χ4n) is 1.73. The smallest absolute Gasteiger partial charge is 0.142 e. The predicted molar refractivity (Wildman–Crippen MR) is 61.2 cm³/mol. The molecule has 0 amide bonds. The lowest BCUT2D eigenvalue weighted by atomic mass is 10.2. The van der Waals surface area contributed by atoms with E-state index in [1.54, 1.807) is 0 Å². The number of thiocarbonyl (C=S) groups is 1. The summed E-state index contributed by atoms with van der Waals surface area (Å²) in [5.41, 5.74) is 0. The standard InChI is InChI=1S/C11H15NOS/c14-11-6-2-1-5-10(11)13-9-12-7-3-4-8-12/h1-2,5H,3-4,6-9H2. The van der Waals surface area contributed by atoms with E-state index in [2.05, 4.69) is 11.0 Å². The minimum Gasteiger partial charge on any atom is -0.477 e. The maximum absolute atomic E-state index is 5.67. The molecule has 0 bridgehead atoms. The lowest BCUT2D eigenvalue weighted by Crippen LogP contribution is -2.23. The number of hydrogen-bond acceptors (Lipinski definition) is 3. The van der Waals surface area contributed by atoms with Crippen molar-refractivity contribution in [1.82, 2.24) is 4.90 Å². The summed E-state index contributed by atoms with van der Waals surface area (Å²) in [6.45, 7) is 3.02. The van der Waals surface area contributed by atoms with Gasteiger partial charge in [-0.3, -0.25) is 4.90 Å². The summed E-state index contributed by atoms with van der Waals surface area (Å²) in [5.74, 6) is 0.884. The Morgan fingerprint density at radius 1 is 1.36 bits per heavy atom. The molecular weight excluding hydrogens is 194 g/mol. The molecular formula is C11H15NOS.